The molecule has 1 heterocycles. The van der Waals surface area contributed by atoms with Crippen LogP contribution in [-0.4, -0.2) is 21.7 Å². The van der Waals surface area contributed by atoms with Gasteiger partial charge in [0.1, 0.15) is 11.9 Å². The Morgan fingerprint density at radius 1 is 1.57 bits per heavy atom. The Hall–Kier alpha value is -1.88. The highest BCUT2D eigenvalue weighted by molar-refractivity contribution is 5.88. The number of nitrogens with zero attached hydrogens (tertiary/aromatic N) is 1. The van der Waals surface area contributed by atoms with E-state index in [4.69, 9.17) is 5.73 Å². The van der Waals surface area contributed by atoms with Crippen molar-refractivity contribution < 1.29 is 14.3 Å². The number of carboxylic acids is 1. The van der Waals surface area contributed by atoms with Crippen LogP contribution >= 0.6 is 0 Å². The first kappa shape index (κ1) is 14.1. The quantitative estimate of drug-likeness (QED) is 0.913. The molecular formula is C16H19FN2O2. The van der Waals surface area contributed by atoms with Crippen molar-refractivity contribution in [1.29, 1.82) is 0 Å². The fraction of sp³-hybridized carbons (Fsp3) is 0.438. The number of nitrogens with two attached hydrogens (primary N) is 1. The highest BCUT2D eigenvalue weighted by Crippen LogP contribution is 2.35. The monoisotopic (exact) mass is 290 g/mol. The maximum atomic E-state index is 13.6. The van der Waals surface area contributed by atoms with Crippen LogP contribution in [0.1, 0.15) is 37.1 Å². The Bertz CT molecular complexity index is 708. The smallest absolute Gasteiger partial charge is 0.326 e. The minimum absolute atomic E-state index is 0.0599. The normalized spacial score (nSPS) is 19.5. The van der Waals surface area contributed by atoms with E-state index in [0.29, 0.717) is 12.8 Å². The van der Waals surface area contributed by atoms with Gasteiger partial charge in [0, 0.05) is 22.6 Å². The molecule has 1 aromatic carbocycles. The fourth-order valence-electron chi connectivity index (χ4n) is 3.42. The van der Waals surface area contributed by atoms with Crippen LogP contribution in [0.2, 0.25) is 0 Å². The molecule has 2 atom stereocenters. The number of hydrogen-bond donors (Lipinski definition) is 2. The summed E-state index contributed by atoms with van der Waals surface area (Å²) in [4.78, 5) is 11.6. The molecule has 2 aromatic rings. The van der Waals surface area contributed by atoms with Crippen molar-refractivity contribution in [1.82, 2.24) is 4.57 Å². The summed E-state index contributed by atoms with van der Waals surface area (Å²) in [5.41, 5.74) is 8.86. The van der Waals surface area contributed by atoms with Crippen LogP contribution in [0.4, 0.5) is 4.39 Å². The molecule has 0 radical (unpaired) electrons. The van der Waals surface area contributed by atoms with Crippen LogP contribution in [0.3, 0.4) is 0 Å². The van der Waals surface area contributed by atoms with Gasteiger partial charge in [-0.2, -0.15) is 0 Å². The standard InChI is InChI=1S/C16H19FN2O2/c1-2-13(16(20)21)19-14-5-3-9(17)7-11(14)12-8-10(18)4-6-15(12)19/h3,5,7,10,13H,2,4,6,8,18H2,1H3,(H,20,21). The molecule has 2 unspecified atom stereocenters. The first-order valence-corrected chi connectivity index (χ1v) is 7.32. The summed E-state index contributed by atoms with van der Waals surface area (Å²) in [6.07, 6.45) is 2.76. The van der Waals surface area contributed by atoms with Gasteiger partial charge in [0.05, 0.1) is 0 Å². The number of benzene rings is 1. The van der Waals surface area contributed by atoms with Crippen molar-refractivity contribution >= 4 is 16.9 Å². The molecule has 0 saturated carbocycles. The van der Waals surface area contributed by atoms with E-state index in [1.54, 1.807) is 6.07 Å². The molecule has 0 aliphatic heterocycles. The van der Waals surface area contributed by atoms with Crippen LogP contribution < -0.4 is 5.73 Å². The van der Waals surface area contributed by atoms with Crippen LogP contribution in [0.25, 0.3) is 10.9 Å². The lowest BCUT2D eigenvalue weighted by Gasteiger charge is -2.23. The van der Waals surface area contributed by atoms with E-state index in [1.807, 2.05) is 11.5 Å². The predicted molar refractivity (Wildman–Crippen MR) is 78.9 cm³/mol. The maximum Gasteiger partial charge on any atom is 0.326 e. The zero-order valence-electron chi connectivity index (χ0n) is 12.0. The molecular weight excluding hydrogens is 271 g/mol. The summed E-state index contributed by atoms with van der Waals surface area (Å²) in [5.74, 6) is -1.15. The summed E-state index contributed by atoms with van der Waals surface area (Å²) in [5, 5.41) is 10.3. The first-order valence-electron chi connectivity index (χ1n) is 7.32. The van der Waals surface area contributed by atoms with E-state index in [-0.39, 0.29) is 11.9 Å². The molecule has 1 aromatic heterocycles. The van der Waals surface area contributed by atoms with Crippen molar-refractivity contribution in [2.24, 2.45) is 5.73 Å². The third kappa shape index (κ3) is 2.21. The molecule has 0 bridgehead atoms. The van der Waals surface area contributed by atoms with Gasteiger partial charge in [0.25, 0.3) is 0 Å². The number of halogens is 1. The molecule has 0 fully saturated rings. The summed E-state index contributed by atoms with van der Waals surface area (Å²) < 4.78 is 15.5. The van der Waals surface area contributed by atoms with Crippen molar-refractivity contribution in [3.8, 4) is 0 Å². The third-order valence-electron chi connectivity index (χ3n) is 4.38. The SMILES string of the molecule is CCC(C(=O)O)n1c2c(c3cc(F)ccc31)CC(N)CC2. The topological polar surface area (TPSA) is 68.2 Å². The number of rotatable bonds is 3. The summed E-state index contributed by atoms with van der Waals surface area (Å²) in [6.45, 7) is 1.86. The Morgan fingerprint density at radius 3 is 3.00 bits per heavy atom. The summed E-state index contributed by atoms with van der Waals surface area (Å²) in [7, 11) is 0. The van der Waals surface area contributed by atoms with Crippen LogP contribution in [0.5, 0.6) is 0 Å². The van der Waals surface area contributed by atoms with Gasteiger partial charge in [-0.3, -0.25) is 0 Å². The predicted octanol–water partition coefficient (Wildman–Crippen LogP) is 2.63. The molecule has 3 N–H and O–H groups in total. The lowest BCUT2D eigenvalue weighted by molar-refractivity contribution is -0.140. The zero-order valence-corrected chi connectivity index (χ0v) is 12.0. The highest BCUT2D eigenvalue weighted by atomic mass is 19.1. The van der Waals surface area contributed by atoms with Crippen LogP contribution in [0.15, 0.2) is 18.2 Å². The molecule has 0 amide bonds. The minimum atomic E-state index is -0.851. The second-order valence-corrected chi connectivity index (χ2v) is 5.72. The second kappa shape index (κ2) is 5.15. The summed E-state index contributed by atoms with van der Waals surface area (Å²) in [6, 6.07) is 4.01. The van der Waals surface area contributed by atoms with Crippen LogP contribution in [-0.2, 0) is 17.6 Å². The third-order valence-corrected chi connectivity index (χ3v) is 4.38. The van der Waals surface area contributed by atoms with E-state index in [2.05, 4.69) is 0 Å². The van der Waals surface area contributed by atoms with Gasteiger partial charge < -0.3 is 15.4 Å². The van der Waals surface area contributed by atoms with E-state index in [0.717, 1.165) is 35.0 Å². The van der Waals surface area contributed by atoms with Crippen molar-refractivity contribution in [3.05, 3.63) is 35.3 Å². The van der Waals surface area contributed by atoms with Crippen molar-refractivity contribution in [3.63, 3.8) is 0 Å². The minimum Gasteiger partial charge on any atom is -0.480 e. The molecule has 0 saturated heterocycles. The van der Waals surface area contributed by atoms with Gasteiger partial charge in [0.15, 0.2) is 0 Å². The molecule has 0 spiro atoms. The maximum absolute atomic E-state index is 13.6. The number of carboxylic acid groups (broad SMARTS) is 1. The van der Waals surface area contributed by atoms with Gasteiger partial charge in [-0.05, 0) is 49.4 Å². The van der Waals surface area contributed by atoms with E-state index in [9.17, 15) is 14.3 Å². The van der Waals surface area contributed by atoms with E-state index >= 15 is 0 Å². The lowest BCUT2D eigenvalue weighted by atomic mass is 9.92. The number of fused-ring (bicyclic) bond motifs is 3. The first-order chi connectivity index (χ1) is 10.0. The van der Waals surface area contributed by atoms with Crippen LogP contribution in [0, 0.1) is 5.82 Å². The number of carbonyl (C=O) groups is 1. The van der Waals surface area contributed by atoms with Crippen molar-refractivity contribution in [2.75, 3.05) is 0 Å². The Morgan fingerprint density at radius 2 is 2.33 bits per heavy atom. The highest BCUT2D eigenvalue weighted by Gasteiger charge is 2.29. The Labute approximate surface area is 122 Å². The average Bonchev–Trinajstić information content (AvgIpc) is 2.73. The largest absolute Gasteiger partial charge is 0.480 e. The zero-order chi connectivity index (χ0) is 15.1. The summed E-state index contributed by atoms with van der Waals surface area (Å²) >= 11 is 0. The number of aliphatic carboxylic acids is 1. The molecule has 4 nitrogen and oxygen atoms in total. The molecule has 5 heteroatoms. The molecule has 3 rings (SSSR count). The second-order valence-electron chi connectivity index (χ2n) is 5.72. The lowest BCUT2D eigenvalue weighted by Crippen LogP contribution is -2.29. The van der Waals surface area contributed by atoms with Gasteiger partial charge in [-0.15, -0.1) is 0 Å². The average molecular weight is 290 g/mol. The van der Waals surface area contributed by atoms with Gasteiger partial charge >= 0.3 is 5.97 Å². The van der Waals surface area contributed by atoms with E-state index < -0.39 is 12.0 Å². The molecule has 1 aliphatic carbocycles. The fourth-order valence-corrected chi connectivity index (χ4v) is 3.42. The molecule has 21 heavy (non-hydrogen) atoms. The molecule has 112 valence electrons. The van der Waals surface area contributed by atoms with Gasteiger partial charge in [-0.25, -0.2) is 9.18 Å². The molecule has 1 aliphatic rings. The van der Waals surface area contributed by atoms with Crippen molar-refractivity contribution in [2.45, 2.75) is 44.7 Å². The van der Waals surface area contributed by atoms with Gasteiger partial charge in [0.2, 0.25) is 0 Å². The van der Waals surface area contributed by atoms with E-state index in [1.165, 1.54) is 12.1 Å². The Balaban J connectivity index is 2.31. The van der Waals surface area contributed by atoms with Gasteiger partial charge in [-0.1, -0.05) is 6.92 Å². The number of hydrogen-bond acceptors (Lipinski definition) is 2. The Kier molecular flexibility index (Phi) is 3.45. The number of aromatic nitrogens is 1.